The minimum Gasteiger partial charge on any atom is -0.455 e. The molecule has 4 nitrogen and oxygen atoms in total. The quantitative estimate of drug-likeness (QED) is 0.154. The normalized spacial score (nSPS) is 11.3. The maximum Gasteiger partial charge on any atom is 0.160 e. The van der Waals surface area contributed by atoms with Crippen LogP contribution in [0.15, 0.2) is 229 Å². The summed E-state index contributed by atoms with van der Waals surface area (Å²) in [5.74, 6) is 1.46. The Morgan fingerprint density at radius 3 is 1.26 bits per heavy atom. The minimum atomic E-state index is 0.666. The highest BCUT2D eigenvalue weighted by Gasteiger charge is 2.24. The highest BCUT2D eigenvalue weighted by Crippen LogP contribution is 2.47. The molecule has 11 aromatic rings. The fourth-order valence-corrected chi connectivity index (χ4v) is 8.25. The molecule has 8 aromatic carbocycles. The van der Waals surface area contributed by atoms with Gasteiger partial charge in [0, 0.05) is 38.8 Å². The van der Waals surface area contributed by atoms with E-state index in [1.807, 2.05) is 36.4 Å². The lowest BCUT2D eigenvalue weighted by atomic mass is 9.94. The van der Waals surface area contributed by atoms with Crippen LogP contribution in [0.1, 0.15) is 0 Å². The van der Waals surface area contributed by atoms with Gasteiger partial charge < -0.3 is 4.42 Å². The summed E-state index contributed by atoms with van der Waals surface area (Å²) in [6, 6.07) is 77.8. The molecule has 0 spiro atoms. The average molecular weight is 780 g/mol. The second kappa shape index (κ2) is 15.5. The molecule has 0 aliphatic carbocycles. The van der Waals surface area contributed by atoms with Gasteiger partial charge in [-0.05, 0) is 46.0 Å². The number of aromatic nitrogens is 3. The Balaban J connectivity index is 1.04. The second-order valence-electron chi connectivity index (χ2n) is 15.1. The summed E-state index contributed by atoms with van der Waals surface area (Å²) < 4.78 is 7.03. The molecule has 0 atom stereocenters. The van der Waals surface area contributed by atoms with Gasteiger partial charge in [-0.2, -0.15) is 0 Å². The summed E-state index contributed by atoms with van der Waals surface area (Å²) in [4.78, 5) is 15.6. The maximum atomic E-state index is 7.03. The molecule has 3 aromatic heterocycles. The van der Waals surface area contributed by atoms with Gasteiger partial charge in [0.1, 0.15) is 11.3 Å². The van der Waals surface area contributed by atoms with E-state index in [-0.39, 0.29) is 0 Å². The van der Waals surface area contributed by atoms with E-state index in [0.717, 1.165) is 94.8 Å². The van der Waals surface area contributed by atoms with Crippen LogP contribution in [0.3, 0.4) is 0 Å². The van der Waals surface area contributed by atoms with E-state index < -0.39 is 0 Å². The number of para-hydroxylation sites is 1. The summed E-state index contributed by atoms with van der Waals surface area (Å²) in [6.45, 7) is 0. The molecule has 0 aliphatic heterocycles. The van der Waals surface area contributed by atoms with Crippen molar-refractivity contribution in [3.05, 3.63) is 224 Å². The molecule has 11 rings (SSSR count). The molecule has 0 N–H and O–H groups in total. The van der Waals surface area contributed by atoms with Crippen molar-refractivity contribution in [3.63, 3.8) is 0 Å². The number of furan rings is 1. The van der Waals surface area contributed by atoms with Crippen molar-refractivity contribution in [1.82, 2.24) is 15.0 Å². The Morgan fingerprint density at radius 1 is 0.311 bits per heavy atom. The van der Waals surface area contributed by atoms with E-state index in [2.05, 4.69) is 188 Å². The zero-order valence-electron chi connectivity index (χ0n) is 33.1. The highest BCUT2D eigenvalue weighted by molar-refractivity contribution is 6.16. The van der Waals surface area contributed by atoms with E-state index in [4.69, 9.17) is 19.4 Å². The van der Waals surface area contributed by atoms with Crippen LogP contribution in [0.4, 0.5) is 0 Å². The first-order valence-electron chi connectivity index (χ1n) is 20.5. The van der Waals surface area contributed by atoms with Crippen LogP contribution < -0.4 is 0 Å². The molecule has 0 amide bonds. The van der Waals surface area contributed by atoms with Crippen LogP contribution in [-0.2, 0) is 0 Å². The smallest absolute Gasteiger partial charge is 0.160 e. The topological polar surface area (TPSA) is 51.8 Å². The zero-order valence-corrected chi connectivity index (χ0v) is 33.1. The lowest BCUT2D eigenvalue weighted by molar-refractivity contribution is 0.636. The number of benzene rings is 8. The molecule has 3 heterocycles. The molecule has 0 radical (unpaired) electrons. The van der Waals surface area contributed by atoms with E-state index in [0.29, 0.717) is 5.82 Å². The molecule has 61 heavy (non-hydrogen) atoms. The first kappa shape index (κ1) is 35.9. The third kappa shape index (κ3) is 6.86. The third-order valence-corrected chi connectivity index (χ3v) is 11.3. The van der Waals surface area contributed by atoms with Crippen molar-refractivity contribution >= 4 is 21.9 Å². The standard InChI is InChI=1S/C57H37N3O/c1-5-15-38(16-6-1)40-25-29-42(30-26-40)50-37-51(60-57(59-50)47-35-27-41(28-36-47)39-17-7-2-8-18-39)43-31-33-46(34-32-43)55-52(44-19-9-3-10-20-44)53-54(45-21-11-4-12-22-45)58-49-24-14-13-23-48(49)56(53)61-55/h1-37H. The number of hydrogen-bond donors (Lipinski definition) is 0. The Hall–Kier alpha value is -8.21. The second-order valence-corrected chi connectivity index (χ2v) is 15.1. The van der Waals surface area contributed by atoms with Gasteiger partial charge in [-0.15, -0.1) is 0 Å². The van der Waals surface area contributed by atoms with Crippen LogP contribution in [0.5, 0.6) is 0 Å². The number of fused-ring (bicyclic) bond motifs is 3. The summed E-state index contributed by atoms with van der Waals surface area (Å²) in [6.07, 6.45) is 0. The fraction of sp³-hybridized carbons (Fsp3) is 0. The number of pyridine rings is 1. The summed E-state index contributed by atoms with van der Waals surface area (Å²) in [5, 5.41) is 1.98. The van der Waals surface area contributed by atoms with Crippen molar-refractivity contribution in [1.29, 1.82) is 0 Å². The Bertz CT molecular complexity index is 3190. The predicted octanol–water partition coefficient (Wildman–Crippen LogP) is 15.1. The molecule has 0 saturated carbocycles. The lowest BCUT2D eigenvalue weighted by Gasteiger charge is -2.11. The predicted molar refractivity (Wildman–Crippen MR) is 251 cm³/mol. The Morgan fingerprint density at radius 2 is 0.721 bits per heavy atom. The Kier molecular flexibility index (Phi) is 9.14. The Labute approximate surface area is 354 Å². The SMILES string of the molecule is c1ccc(-c2ccc(-c3cc(-c4ccc(-c5oc6c(c(-c7ccccc7)nc7ccccc76)c5-c5ccccc5)cc4)nc(-c4ccc(-c5ccccc5)cc4)n3)cc2)cc1. The van der Waals surface area contributed by atoms with E-state index >= 15 is 0 Å². The zero-order chi connectivity index (χ0) is 40.5. The average Bonchev–Trinajstić information content (AvgIpc) is 3.76. The molecule has 0 saturated heterocycles. The molecule has 4 heteroatoms. The van der Waals surface area contributed by atoms with Gasteiger partial charge in [-0.1, -0.05) is 206 Å². The molecule has 0 bridgehead atoms. The van der Waals surface area contributed by atoms with E-state index in [1.165, 1.54) is 11.1 Å². The van der Waals surface area contributed by atoms with Gasteiger partial charge in [-0.3, -0.25) is 0 Å². The van der Waals surface area contributed by atoms with Crippen molar-refractivity contribution < 1.29 is 4.42 Å². The largest absolute Gasteiger partial charge is 0.455 e. The monoisotopic (exact) mass is 779 g/mol. The number of rotatable bonds is 8. The van der Waals surface area contributed by atoms with Crippen molar-refractivity contribution in [2.24, 2.45) is 0 Å². The first-order valence-corrected chi connectivity index (χ1v) is 20.5. The maximum absolute atomic E-state index is 7.03. The van der Waals surface area contributed by atoms with Gasteiger partial charge >= 0.3 is 0 Å². The summed E-state index contributed by atoms with van der Waals surface area (Å²) in [7, 11) is 0. The van der Waals surface area contributed by atoms with Gasteiger partial charge in [0.05, 0.1) is 28.0 Å². The first-order chi connectivity index (χ1) is 30.2. The third-order valence-electron chi connectivity index (χ3n) is 11.3. The summed E-state index contributed by atoms with van der Waals surface area (Å²) >= 11 is 0. The van der Waals surface area contributed by atoms with Gasteiger partial charge in [0.2, 0.25) is 0 Å². The van der Waals surface area contributed by atoms with E-state index in [9.17, 15) is 0 Å². The van der Waals surface area contributed by atoms with Crippen molar-refractivity contribution in [2.45, 2.75) is 0 Å². The van der Waals surface area contributed by atoms with Crippen molar-refractivity contribution in [2.75, 3.05) is 0 Å². The molecule has 286 valence electrons. The summed E-state index contributed by atoms with van der Waals surface area (Å²) in [5.41, 5.74) is 16.0. The molecule has 0 unspecified atom stereocenters. The van der Waals surface area contributed by atoms with Crippen LogP contribution in [-0.4, -0.2) is 15.0 Å². The lowest BCUT2D eigenvalue weighted by Crippen LogP contribution is -1.96. The highest BCUT2D eigenvalue weighted by atomic mass is 16.3. The fourth-order valence-electron chi connectivity index (χ4n) is 8.25. The number of hydrogen-bond acceptors (Lipinski definition) is 4. The number of nitrogens with zero attached hydrogens (tertiary/aromatic N) is 3. The van der Waals surface area contributed by atoms with Crippen LogP contribution >= 0.6 is 0 Å². The molecular formula is C57H37N3O. The van der Waals surface area contributed by atoms with Gasteiger partial charge in [-0.25, -0.2) is 15.0 Å². The van der Waals surface area contributed by atoms with Gasteiger partial charge in [0.15, 0.2) is 5.82 Å². The van der Waals surface area contributed by atoms with E-state index in [1.54, 1.807) is 0 Å². The molecule has 0 fully saturated rings. The molecular weight excluding hydrogens is 743 g/mol. The van der Waals surface area contributed by atoms with Crippen LogP contribution in [0, 0.1) is 0 Å². The molecule has 0 aliphatic rings. The minimum absolute atomic E-state index is 0.666. The van der Waals surface area contributed by atoms with Gasteiger partial charge in [0.25, 0.3) is 0 Å². The van der Waals surface area contributed by atoms with Crippen LogP contribution in [0.25, 0.3) is 112 Å². The van der Waals surface area contributed by atoms with Crippen LogP contribution in [0.2, 0.25) is 0 Å². The van der Waals surface area contributed by atoms with Crippen molar-refractivity contribution in [3.8, 4) is 89.9 Å².